The highest BCUT2D eigenvalue weighted by molar-refractivity contribution is 5.96. The van der Waals surface area contributed by atoms with Crippen molar-refractivity contribution in [2.75, 3.05) is 0 Å². The molecule has 10 N–H and O–H groups in total. The Bertz CT molecular complexity index is 667. The van der Waals surface area contributed by atoms with E-state index in [0.717, 1.165) is 0 Å². The number of nitrogens with two attached hydrogens (primary N) is 2. The van der Waals surface area contributed by atoms with Crippen LogP contribution in [0.25, 0.3) is 0 Å². The number of carboxylic acid groups (broad SMARTS) is 2. The van der Waals surface area contributed by atoms with Gasteiger partial charge in [0, 0.05) is 0 Å². The second-order valence-electron chi connectivity index (χ2n) is 6.23. The third-order valence-electron chi connectivity index (χ3n) is 3.61. The molecule has 5 atom stereocenters. The Labute approximate surface area is 165 Å². The molecule has 0 aromatic carbocycles. The number of carbonyl (C=O) groups excluding carboxylic acids is 4. The molecule has 0 rings (SSSR count). The molecule has 0 bridgehead atoms. The highest BCUT2D eigenvalue weighted by atomic mass is 16.4. The lowest BCUT2D eigenvalue weighted by atomic mass is 10.1. The van der Waals surface area contributed by atoms with Gasteiger partial charge in [-0.15, -0.1) is 0 Å². The second-order valence-corrected chi connectivity index (χ2v) is 6.23. The number of carbonyl (C=O) groups is 6. The summed E-state index contributed by atoms with van der Waals surface area (Å²) in [6.07, 6.45) is -2.86. The van der Waals surface area contributed by atoms with Gasteiger partial charge in [-0.2, -0.15) is 0 Å². The molecule has 0 fully saturated rings. The van der Waals surface area contributed by atoms with Gasteiger partial charge < -0.3 is 42.7 Å². The molecule has 164 valence electrons. The van der Waals surface area contributed by atoms with Crippen molar-refractivity contribution in [3.05, 3.63) is 0 Å². The molecule has 14 nitrogen and oxygen atoms in total. The summed E-state index contributed by atoms with van der Waals surface area (Å²) in [7, 11) is 0. The van der Waals surface area contributed by atoms with Crippen LogP contribution in [0.3, 0.4) is 0 Å². The fourth-order valence-electron chi connectivity index (χ4n) is 1.95. The summed E-state index contributed by atoms with van der Waals surface area (Å²) in [4.78, 5) is 69.1. The van der Waals surface area contributed by atoms with Gasteiger partial charge in [-0.1, -0.05) is 0 Å². The number of rotatable bonds is 12. The van der Waals surface area contributed by atoms with Crippen LogP contribution >= 0.6 is 0 Å². The first-order valence-electron chi connectivity index (χ1n) is 8.33. The molecule has 0 aromatic heterocycles. The first-order valence-corrected chi connectivity index (χ1v) is 8.33. The number of aliphatic hydroxyl groups is 1. The molecule has 0 aliphatic carbocycles. The van der Waals surface area contributed by atoms with Crippen LogP contribution in [-0.4, -0.2) is 81.2 Å². The Hall–Kier alpha value is -3.26. The maximum Gasteiger partial charge on any atom is 0.326 e. The predicted molar refractivity (Wildman–Crippen MR) is 94.8 cm³/mol. The van der Waals surface area contributed by atoms with E-state index >= 15 is 0 Å². The number of aliphatic hydroxyl groups excluding tert-OH is 1. The summed E-state index contributed by atoms with van der Waals surface area (Å²) in [6, 6.07) is -6.03. The van der Waals surface area contributed by atoms with Gasteiger partial charge in [0.1, 0.15) is 24.2 Å². The lowest BCUT2D eigenvalue weighted by Gasteiger charge is -2.23. The van der Waals surface area contributed by atoms with Crippen molar-refractivity contribution < 1.29 is 44.1 Å². The summed E-state index contributed by atoms with van der Waals surface area (Å²) >= 11 is 0. The molecule has 0 aliphatic heterocycles. The van der Waals surface area contributed by atoms with Gasteiger partial charge in [0.25, 0.3) is 0 Å². The van der Waals surface area contributed by atoms with E-state index in [9.17, 15) is 33.9 Å². The largest absolute Gasteiger partial charge is 0.481 e. The average molecular weight is 419 g/mol. The predicted octanol–water partition coefficient (Wildman–Crippen LogP) is -4.40. The van der Waals surface area contributed by atoms with Crippen LogP contribution in [0.15, 0.2) is 0 Å². The molecule has 0 heterocycles. The number of amides is 4. The minimum absolute atomic E-state index is 0.751. The normalized spacial score (nSPS) is 15.7. The van der Waals surface area contributed by atoms with Gasteiger partial charge >= 0.3 is 11.9 Å². The summed E-state index contributed by atoms with van der Waals surface area (Å²) < 4.78 is 0. The maximum absolute atomic E-state index is 12.2. The summed E-state index contributed by atoms with van der Waals surface area (Å²) in [6.45, 7) is 2.47. The molecule has 0 saturated carbocycles. The molecular formula is C15H25N5O9. The first-order chi connectivity index (χ1) is 13.3. The Balaban J connectivity index is 5.17. The third kappa shape index (κ3) is 9.48. The number of aliphatic carboxylic acids is 2. The molecule has 14 heteroatoms. The van der Waals surface area contributed by atoms with E-state index in [-0.39, 0.29) is 0 Å². The Morgan fingerprint density at radius 3 is 1.76 bits per heavy atom. The van der Waals surface area contributed by atoms with Crippen LogP contribution in [0.2, 0.25) is 0 Å². The quantitative estimate of drug-likeness (QED) is 0.151. The van der Waals surface area contributed by atoms with Crippen molar-refractivity contribution in [3.63, 3.8) is 0 Å². The zero-order chi connectivity index (χ0) is 22.9. The Morgan fingerprint density at radius 1 is 0.828 bits per heavy atom. The highest BCUT2D eigenvalue weighted by Crippen LogP contribution is 2.00. The van der Waals surface area contributed by atoms with E-state index in [1.165, 1.54) is 13.8 Å². The third-order valence-corrected chi connectivity index (χ3v) is 3.61. The Kier molecular flexibility index (Phi) is 10.3. The zero-order valence-electron chi connectivity index (χ0n) is 15.7. The van der Waals surface area contributed by atoms with Crippen molar-refractivity contribution >= 4 is 35.6 Å². The number of nitrogens with one attached hydrogen (secondary N) is 3. The lowest BCUT2D eigenvalue weighted by Crippen LogP contribution is -2.57. The van der Waals surface area contributed by atoms with E-state index in [4.69, 9.17) is 21.7 Å². The minimum Gasteiger partial charge on any atom is -0.481 e. The number of primary amides is 1. The van der Waals surface area contributed by atoms with E-state index in [0.29, 0.717) is 0 Å². The van der Waals surface area contributed by atoms with Gasteiger partial charge in [0.2, 0.25) is 23.6 Å². The van der Waals surface area contributed by atoms with Gasteiger partial charge in [-0.05, 0) is 13.8 Å². The standard InChI is InChI=1S/C15H25N5O9/c1-5(18-14(27)11(17)6(2)21)12(25)19-7(4-10(23)24)13(26)20-8(15(28)29)3-9(16)22/h5-8,11,21H,3-4,17H2,1-2H3,(H2,16,22)(H,18,27)(H,19,25)(H,20,26)(H,23,24)(H,28,29). The van der Waals surface area contributed by atoms with Crippen LogP contribution in [0.5, 0.6) is 0 Å². The van der Waals surface area contributed by atoms with Gasteiger partial charge in [-0.3, -0.25) is 24.0 Å². The molecular weight excluding hydrogens is 394 g/mol. The fraction of sp³-hybridized carbons (Fsp3) is 0.600. The number of carboxylic acids is 2. The molecule has 4 amide bonds. The Morgan fingerprint density at radius 2 is 1.34 bits per heavy atom. The summed E-state index contributed by atoms with van der Waals surface area (Å²) in [5, 5.41) is 33.3. The van der Waals surface area contributed by atoms with Crippen molar-refractivity contribution in [1.82, 2.24) is 16.0 Å². The van der Waals surface area contributed by atoms with Crippen molar-refractivity contribution in [2.24, 2.45) is 11.5 Å². The summed E-state index contributed by atoms with van der Waals surface area (Å²) in [5.74, 6) is -7.13. The number of hydrogen-bond donors (Lipinski definition) is 8. The van der Waals surface area contributed by atoms with Crippen LogP contribution in [0.1, 0.15) is 26.7 Å². The van der Waals surface area contributed by atoms with Crippen molar-refractivity contribution in [3.8, 4) is 0 Å². The van der Waals surface area contributed by atoms with E-state index in [1.54, 1.807) is 0 Å². The lowest BCUT2D eigenvalue weighted by molar-refractivity contribution is -0.144. The van der Waals surface area contributed by atoms with Crippen LogP contribution in [0, 0.1) is 0 Å². The topological polar surface area (TPSA) is 251 Å². The molecule has 0 aliphatic rings. The van der Waals surface area contributed by atoms with Gasteiger partial charge in [0.05, 0.1) is 18.9 Å². The van der Waals surface area contributed by atoms with E-state index < -0.39 is 78.7 Å². The molecule has 5 unspecified atom stereocenters. The van der Waals surface area contributed by atoms with Crippen molar-refractivity contribution in [1.29, 1.82) is 0 Å². The fourth-order valence-corrected chi connectivity index (χ4v) is 1.95. The second kappa shape index (κ2) is 11.6. The van der Waals surface area contributed by atoms with Crippen molar-refractivity contribution in [2.45, 2.75) is 57.0 Å². The number of hydrogen-bond acceptors (Lipinski definition) is 8. The highest BCUT2D eigenvalue weighted by Gasteiger charge is 2.31. The smallest absolute Gasteiger partial charge is 0.326 e. The van der Waals surface area contributed by atoms with Gasteiger partial charge in [0.15, 0.2) is 0 Å². The monoisotopic (exact) mass is 419 g/mol. The SMILES string of the molecule is CC(NC(=O)C(N)C(C)O)C(=O)NC(CC(=O)O)C(=O)NC(CC(N)=O)C(=O)O. The van der Waals surface area contributed by atoms with Gasteiger partial charge in [-0.25, -0.2) is 4.79 Å². The average Bonchev–Trinajstić information content (AvgIpc) is 2.58. The first kappa shape index (κ1) is 25.7. The van der Waals surface area contributed by atoms with E-state index in [1.807, 2.05) is 5.32 Å². The van der Waals surface area contributed by atoms with Crippen LogP contribution in [-0.2, 0) is 28.8 Å². The molecule has 0 radical (unpaired) electrons. The minimum atomic E-state index is -1.73. The molecule has 29 heavy (non-hydrogen) atoms. The summed E-state index contributed by atoms with van der Waals surface area (Å²) in [5.41, 5.74) is 10.3. The molecule has 0 aromatic rings. The zero-order valence-corrected chi connectivity index (χ0v) is 15.7. The maximum atomic E-state index is 12.2. The molecule has 0 spiro atoms. The molecule has 0 saturated heterocycles. The van der Waals surface area contributed by atoms with Crippen LogP contribution in [0.4, 0.5) is 0 Å². The van der Waals surface area contributed by atoms with E-state index in [2.05, 4.69) is 10.6 Å². The van der Waals surface area contributed by atoms with Crippen LogP contribution < -0.4 is 27.4 Å².